The molecule has 0 aromatic carbocycles. The lowest BCUT2D eigenvalue weighted by Crippen LogP contribution is -2.30. The Kier molecular flexibility index (Phi) is 4.68. The van der Waals surface area contributed by atoms with Crippen molar-refractivity contribution in [2.45, 2.75) is 33.5 Å². The molecule has 1 atom stereocenters. The molecule has 9 heavy (non-hydrogen) atoms. The molecule has 1 unspecified atom stereocenters. The molecule has 0 radical (unpaired) electrons. The monoisotopic (exact) mass is 133 g/mol. The Hall–Kier alpha value is -0.110. The summed E-state index contributed by atoms with van der Waals surface area (Å²) in [6.07, 6.45) is 0.247. The number of alkyl halides is 1. The summed E-state index contributed by atoms with van der Waals surface area (Å²) in [4.78, 5) is 1.81. The van der Waals surface area contributed by atoms with Gasteiger partial charge in [0, 0.05) is 6.54 Å². The molecule has 0 rings (SSSR count). The smallest absolute Gasteiger partial charge is 0.150 e. The molecule has 0 aromatic heterocycles. The molecule has 0 aliphatic heterocycles. The second kappa shape index (κ2) is 4.74. The van der Waals surface area contributed by atoms with Gasteiger partial charge >= 0.3 is 0 Å². The van der Waals surface area contributed by atoms with Crippen molar-refractivity contribution in [3.63, 3.8) is 0 Å². The van der Waals surface area contributed by atoms with Crippen molar-refractivity contribution in [3.8, 4) is 0 Å². The zero-order chi connectivity index (χ0) is 7.28. The van der Waals surface area contributed by atoms with Gasteiger partial charge in [0.2, 0.25) is 0 Å². The average molecular weight is 133 g/mol. The lowest BCUT2D eigenvalue weighted by Gasteiger charge is -2.20. The van der Waals surface area contributed by atoms with Crippen LogP contribution >= 0.6 is 0 Å². The normalized spacial score (nSPS) is 14.3. The van der Waals surface area contributed by atoms with E-state index in [9.17, 15) is 4.39 Å². The Balaban J connectivity index is 3.41. The first kappa shape index (κ1) is 8.89. The van der Waals surface area contributed by atoms with Gasteiger partial charge in [0.1, 0.15) is 0 Å². The summed E-state index contributed by atoms with van der Waals surface area (Å²) < 4.78 is 12.5. The van der Waals surface area contributed by atoms with Gasteiger partial charge in [-0.2, -0.15) is 0 Å². The number of nitrogens with zero attached hydrogens (tertiary/aromatic N) is 1. The molecule has 0 spiro atoms. The van der Waals surface area contributed by atoms with E-state index < -0.39 is 6.30 Å². The Morgan fingerprint density at radius 1 is 1.44 bits per heavy atom. The number of hydrogen-bond donors (Lipinski definition) is 0. The van der Waals surface area contributed by atoms with Gasteiger partial charge in [0.25, 0.3) is 0 Å². The highest BCUT2D eigenvalue weighted by atomic mass is 19.1. The number of hydrogen-bond acceptors (Lipinski definition) is 1. The second-order valence-electron chi connectivity index (χ2n) is 2.20. The third-order valence-electron chi connectivity index (χ3n) is 1.42. The summed E-state index contributed by atoms with van der Waals surface area (Å²) in [7, 11) is 0. The topological polar surface area (TPSA) is 3.24 Å². The Labute approximate surface area is 56.9 Å². The minimum absolute atomic E-state index is 0.782. The van der Waals surface area contributed by atoms with Gasteiger partial charge < -0.3 is 0 Å². The molecule has 0 saturated carbocycles. The fraction of sp³-hybridized carbons (Fsp3) is 1.00. The summed E-state index contributed by atoms with van der Waals surface area (Å²) in [6, 6.07) is 0. The first-order valence-electron chi connectivity index (χ1n) is 3.60. The third kappa shape index (κ3) is 3.46. The van der Waals surface area contributed by atoms with Gasteiger partial charge in [0.15, 0.2) is 6.30 Å². The number of halogens is 1. The van der Waals surface area contributed by atoms with Gasteiger partial charge in [-0.1, -0.05) is 13.8 Å². The molecule has 56 valence electrons. The molecular formula is C7H16FN. The SMILES string of the molecule is CCCN(CC)C(C)F. The van der Waals surface area contributed by atoms with Crippen LogP contribution in [0.1, 0.15) is 27.2 Å². The van der Waals surface area contributed by atoms with Gasteiger partial charge in [0.05, 0.1) is 0 Å². The van der Waals surface area contributed by atoms with Crippen LogP contribution in [0.25, 0.3) is 0 Å². The minimum Gasteiger partial charge on any atom is -0.275 e. The maximum absolute atomic E-state index is 12.5. The maximum atomic E-state index is 12.5. The molecule has 0 saturated heterocycles. The fourth-order valence-electron chi connectivity index (χ4n) is 0.875. The molecule has 1 nitrogen and oxygen atoms in total. The maximum Gasteiger partial charge on any atom is 0.150 e. The lowest BCUT2D eigenvalue weighted by atomic mass is 10.4. The van der Waals surface area contributed by atoms with E-state index in [2.05, 4.69) is 6.92 Å². The summed E-state index contributed by atoms with van der Waals surface area (Å²) in [5.41, 5.74) is 0. The van der Waals surface area contributed by atoms with E-state index in [0.717, 1.165) is 19.5 Å². The predicted octanol–water partition coefficient (Wildman–Crippen LogP) is 2.03. The van der Waals surface area contributed by atoms with Crippen LogP contribution in [0.3, 0.4) is 0 Å². The number of rotatable bonds is 4. The van der Waals surface area contributed by atoms with E-state index in [0.29, 0.717) is 0 Å². The van der Waals surface area contributed by atoms with E-state index in [4.69, 9.17) is 0 Å². The summed E-state index contributed by atoms with van der Waals surface area (Å²) in [5.74, 6) is 0. The van der Waals surface area contributed by atoms with E-state index in [-0.39, 0.29) is 0 Å². The summed E-state index contributed by atoms with van der Waals surface area (Å²) in [6.45, 7) is 7.30. The van der Waals surface area contributed by atoms with Crippen LogP contribution < -0.4 is 0 Å². The molecule has 0 N–H and O–H groups in total. The van der Waals surface area contributed by atoms with E-state index >= 15 is 0 Å². The van der Waals surface area contributed by atoms with Crippen molar-refractivity contribution >= 4 is 0 Å². The van der Waals surface area contributed by atoms with Crippen molar-refractivity contribution in [2.75, 3.05) is 13.1 Å². The molecule has 0 amide bonds. The summed E-state index contributed by atoms with van der Waals surface area (Å²) in [5, 5.41) is 0. The Morgan fingerprint density at radius 2 is 2.00 bits per heavy atom. The molecular weight excluding hydrogens is 117 g/mol. The van der Waals surface area contributed by atoms with Crippen LogP contribution in [0, 0.1) is 0 Å². The fourth-order valence-corrected chi connectivity index (χ4v) is 0.875. The Morgan fingerprint density at radius 3 is 2.11 bits per heavy atom. The first-order valence-corrected chi connectivity index (χ1v) is 3.60. The van der Waals surface area contributed by atoms with Crippen molar-refractivity contribution in [3.05, 3.63) is 0 Å². The highest BCUT2D eigenvalue weighted by Crippen LogP contribution is 1.99. The van der Waals surface area contributed by atoms with Crippen molar-refractivity contribution in [1.29, 1.82) is 0 Å². The quantitative estimate of drug-likeness (QED) is 0.530. The van der Waals surface area contributed by atoms with Crippen LogP contribution in [0.5, 0.6) is 0 Å². The van der Waals surface area contributed by atoms with Gasteiger partial charge in [-0.3, -0.25) is 4.90 Å². The van der Waals surface area contributed by atoms with Crippen molar-refractivity contribution < 1.29 is 4.39 Å². The molecule has 0 fully saturated rings. The van der Waals surface area contributed by atoms with Gasteiger partial charge in [-0.25, -0.2) is 4.39 Å². The molecule has 0 heterocycles. The minimum atomic E-state index is -0.782. The second-order valence-corrected chi connectivity index (χ2v) is 2.20. The van der Waals surface area contributed by atoms with Crippen LogP contribution in [-0.2, 0) is 0 Å². The zero-order valence-electron chi connectivity index (χ0n) is 6.52. The van der Waals surface area contributed by atoms with E-state index in [1.165, 1.54) is 0 Å². The molecule has 0 aromatic rings. The van der Waals surface area contributed by atoms with Crippen molar-refractivity contribution in [1.82, 2.24) is 4.90 Å². The van der Waals surface area contributed by atoms with Crippen LogP contribution in [0.15, 0.2) is 0 Å². The predicted molar refractivity (Wildman–Crippen MR) is 38.1 cm³/mol. The van der Waals surface area contributed by atoms with Gasteiger partial charge in [-0.05, 0) is 19.9 Å². The highest BCUT2D eigenvalue weighted by Gasteiger charge is 2.06. The first-order chi connectivity index (χ1) is 4.22. The zero-order valence-corrected chi connectivity index (χ0v) is 6.52. The third-order valence-corrected chi connectivity index (χ3v) is 1.42. The molecule has 0 aliphatic carbocycles. The van der Waals surface area contributed by atoms with E-state index in [1.54, 1.807) is 11.8 Å². The van der Waals surface area contributed by atoms with Crippen LogP contribution in [-0.4, -0.2) is 24.3 Å². The summed E-state index contributed by atoms with van der Waals surface area (Å²) >= 11 is 0. The molecule has 0 bridgehead atoms. The largest absolute Gasteiger partial charge is 0.275 e. The molecule has 0 aliphatic rings. The van der Waals surface area contributed by atoms with Crippen molar-refractivity contribution in [2.24, 2.45) is 0 Å². The van der Waals surface area contributed by atoms with Gasteiger partial charge in [-0.15, -0.1) is 0 Å². The highest BCUT2D eigenvalue weighted by molar-refractivity contribution is 4.53. The van der Waals surface area contributed by atoms with Crippen LogP contribution in [0.4, 0.5) is 4.39 Å². The molecule has 2 heteroatoms. The average Bonchev–Trinajstić information content (AvgIpc) is 1.82. The Bertz CT molecular complexity index is 63.9. The standard InChI is InChI=1S/C7H16FN/c1-4-6-9(5-2)7(3)8/h7H,4-6H2,1-3H3. The van der Waals surface area contributed by atoms with E-state index in [1.807, 2.05) is 6.92 Å². The van der Waals surface area contributed by atoms with Crippen LogP contribution in [0.2, 0.25) is 0 Å². The lowest BCUT2D eigenvalue weighted by molar-refractivity contribution is 0.104.